The molecule has 0 spiro atoms. The lowest BCUT2D eigenvalue weighted by Gasteiger charge is -2.40. The summed E-state index contributed by atoms with van der Waals surface area (Å²) in [5.74, 6) is -3.17. The van der Waals surface area contributed by atoms with Crippen molar-refractivity contribution in [3.63, 3.8) is 0 Å². The molecule has 0 aromatic carbocycles. The van der Waals surface area contributed by atoms with E-state index in [1.807, 2.05) is 0 Å². The van der Waals surface area contributed by atoms with Crippen LogP contribution in [0.3, 0.4) is 0 Å². The first-order chi connectivity index (χ1) is 37.6. The minimum atomic E-state index is -1.92. The fourth-order valence-electron chi connectivity index (χ4n) is 8.80. The van der Waals surface area contributed by atoms with Gasteiger partial charge in [0.15, 0.2) is 24.6 Å². The van der Waals surface area contributed by atoms with Crippen molar-refractivity contribution in [2.75, 3.05) is 13.2 Å². The number of carboxylic acid groups (broad SMARTS) is 1. The van der Waals surface area contributed by atoms with Gasteiger partial charge in [0, 0.05) is 19.3 Å². The number of hydrogen-bond acceptors (Lipinski definition) is 11. The zero-order chi connectivity index (χ0) is 56.1. The van der Waals surface area contributed by atoms with Crippen LogP contribution in [0.2, 0.25) is 0 Å². The number of esters is 3. The van der Waals surface area contributed by atoms with Gasteiger partial charge in [-0.3, -0.25) is 14.4 Å². The van der Waals surface area contributed by atoms with E-state index >= 15 is 0 Å². The van der Waals surface area contributed by atoms with Crippen molar-refractivity contribution in [3.05, 3.63) is 85.1 Å². The molecule has 1 heterocycles. The summed E-state index contributed by atoms with van der Waals surface area (Å²) in [7, 11) is 0. The van der Waals surface area contributed by atoms with Crippen molar-refractivity contribution in [1.29, 1.82) is 0 Å². The maximum absolute atomic E-state index is 13.2. The first kappa shape index (κ1) is 70.9. The lowest BCUT2D eigenvalue weighted by atomic mass is 9.98. The number of unbranched alkanes of at least 4 members (excludes halogenated alkanes) is 23. The molecule has 1 saturated heterocycles. The molecule has 0 aliphatic carbocycles. The summed E-state index contributed by atoms with van der Waals surface area (Å²) in [6.45, 7) is 5.75. The van der Waals surface area contributed by atoms with Crippen LogP contribution in [0.25, 0.3) is 0 Å². The molecule has 6 unspecified atom stereocenters. The normalized spacial score (nSPS) is 18.6. The van der Waals surface area contributed by atoms with Crippen LogP contribution in [-0.4, -0.2) is 89.2 Å². The first-order valence-electron chi connectivity index (χ1n) is 30.6. The van der Waals surface area contributed by atoms with E-state index in [4.69, 9.17) is 23.7 Å². The van der Waals surface area contributed by atoms with E-state index in [1.165, 1.54) is 64.2 Å². The van der Waals surface area contributed by atoms with Crippen molar-refractivity contribution in [2.24, 2.45) is 0 Å². The second-order valence-electron chi connectivity index (χ2n) is 20.6. The molecule has 77 heavy (non-hydrogen) atoms. The van der Waals surface area contributed by atoms with Crippen LogP contribution in [0.5, 0.6) is 0 Å². The second-order valence-corrected chi connectivity index (χ2v) is 20.6. The van der Waals surface area contributed by atoms with Gasteiger partial charge < -0.3 is 39.0 Å². The summed E-state index contributed by atoms with van der Waals surface area (Å²) < 4.78 is 28.4. The molecule has 0 amide bonds. The lowest BCUT2D eigenvalue weighted by Crippen LogP contribution is -2.61. The molecule has 0 bridgehead atoms. The number of aliphatic carboxylic acids is 1. The van der Waals surface area contributed by atoms with Gasteiger partial charge in [-0.2, -0.15) is 0 Å². The summed E-state index contributed by atoms with van der Waals surface area (Å²) >= 11 is 0. The van der Waals surface area contributed by atoms with E-state index in [1.54, 1.807) is 0 Å². The third kappa shape index (κ3) is 42.5. The molecule has 1 fully saturated rings. The highest BCUT2D eigenvalue weighted by atomic mass is 16.7. The molecule has 12 nitrogen and oxygen atoms in total. The van der Waals surface area contributed by atoms with E-state index in [-0.39, 0.29) is 25.9 Å². The third-order valence-corrected chi connectivity index (χ3v) is 13.4. The predicted molar refractivity (Wildman–Crippen MR) is 312 cm³/mol. The van der Waals surface area contributed by atoms with Crippen LogP contribution < -0.4 is 0 Å². The Balaban J connectivity index is 2.70. The Morgan fingerprint density at radius 3 is 1.26 bits per heavy atom. The molecule has 1 aliphatic rings. The molecular weight excluding hydrogens is 973 g/mol. The van der Waals surface area contributed by atoms with E-state index in [9.17, 15) is 34.5 Å². The number of rotatable bonds is 51. The van der Waals surface area contributed by atoms with E-state index in [2.05, 4.69) is 106 Å². The summed E-state index contributed by atoms with van der Waals surface area (Å²) in [6.07, 6.45) is 55.4. The highest BCUT2D eigenvalue weighted by Crippen LogP contribution is 2.26. The van der Waals surface area contributed by atoms with Gasteiger partial charge in [-0.1, -0.05) is 209 Å². The van der Waals surface area contributed by atoms with Crippen LogP contribution in [0.4, 0.5) is 0 Å². The van der Waals surface area contributed by atoms with Gasteiger partial charge in [-0.25, -0.2) is 4.79 Å². The van der Waals surface area contributed by atoms with Gasteiger partial charge in [-0.05, 0) is 109 Å². The van der Waals surface area contributed by atoms with Crippen LogP contribution in [0.1, 0.15) is 252 Å². The van der Waals surface area contributed by atoms with Gasteiger partial charge in [0.1, 0.15) is 18.8 Å². The Hall–Kier alpha value is -4.10. The average Bonchev–Trinajstić information content (AvgIpc) is 3.43. The summed E-state index contributed by atoms with van der Waals surface area (Å²) in [5.41, 5.74) is 0. The smallest absolute Gasteiger partial charge is 0.335 e. The number of hydrogen-bond donors (Lipinski definition) is 3. The monoisotopic (exact) mass is 1080 g/mol. The van der Waals surface area contributed by atoms with Crippen LogP contribution in [0.15, 0.2) is 85.1 Å². The Morgan fingerprint density at radius 2 is 0.818 bits per heavy atom. The topological polar surface area (TPSA) is 175 Å². The molecule has 6 atom stereocenters. The quantitative estimate of drug-likeness (QED) is 0.0228. The van der Waals surface area contributed by atoms with Crippen molar-refractivity contribution >= 4 is 23.9 Å². The molecule has 3 N–H and O–H groups in total. The van der Waals surface area contributed by atoms with E-state index < -0.39 is 67.3 Å². The van der Waals surface area contributed by atoms with Gasteiger partial charge in [0.2, 0.25) is 0 Å². The Kier molecular flexibility index (Phi) is 48.4. The zero-order valence-corrected chi connectivity index (χ0v) is 48.4. The maximum atomic E-state index is 13.2. The second kappa shape index (κ2) is 52.6. The van der Waals surface area contributed by atoms with Gasteiger partial charge >= 0.3 is 23.9 Å². The first-order valence-corrected chi connectivity index (χ1v) is 30.6. The zero-order valence-electron chi connectivity index (χ0n) is 48.4. The number of aliphatic hydroxyl groups excluding tert-OH is 2. The van der Waals surface area contributed by atoms with Crippen molar-refractivity contribution in [1.82, 2.24) is 0 Å². The molecule has 0 saturated carbocycles. The number of carbonyl (C=O) groups is 4. The van der Waals surface area contributed by atoms with Gasteiger partial charge in [-0.15, -0.1) is 0 Å². The standard InChI is InChI=1S/C65H108O12/c1-4-7-10-13-16-19-22-25-28-29-32-33-36-39-42-45-48-51-57(66)73-54-56(75-58(67)52-49-46-43-40-37-34-30-26-23-20-17-14-11-8-5-2)55-74-65-63(61(70)60(69)62(77-65)64(71)72)76-59(68)53-50-47-44-41-38-35-31-27-24-21-18-15-12-9-6-3/h8-9,11-12,17-18,20-21,25-28,30-31,56,60-63,65,69-70H,4-7,10,13-16,19,22-24,29,32-55H2,1-3H3,(H,71,72)/b11-8-,12-9-,20-17-,21-18-,28-25-,30-26-,31-27-. The molecule has 0 radical (unpaired) electrons. The number of aliphatic hydroxyl groups is 2. The number of ether oxygens (including phenoxy) is 5. The summed E-state index contributed by atoms with van der Waals surface area (Å²) in [4.78, 5) is 51.2. The molecule has 1 aliphatic heterocycles. The molecular formula is C65H108O12. The Bertz CT molecular complexity index is 1660. The number of carbonyl (C=O) groups excluding carboxylic acids is 3. The van der Waals surface area contributed by atoms with Gasteiger partial charge in [0.05, 0.1) is 6.61 Å². The summed E-state index contributed by atoms with van der Waals surface area (Å²) in [6, 6.07) is 0. The highest BCUT2D eigenvalue weighted by molar-refractivity contribution is 5.74. The number of carboxylic acids is 1. The SMILES string of the molecule is CC/C=C\C/C=C\C/C=C\CCCCCCCC(=O)OC(COC(=O)CCCCCCCCC/C=C\CCCCCCCC)COC1OC(C(=O)O)C(O)C(O)C1OC(=O)CCCCCCC/C=C\C/C=C\C/C=C\CC. The molecule has 0 aromatic rings. The highest BCUT2D eigenvalue weighted by Gasteiger charge is 2.50. The Morgan fingerprint density at radius 1 is 0.442 bits per heavy atom. The molecule has 0 aromatic heterocycles. The fourth-order valence-corrected chi connectivity index (χ4v) is 8.80. The lowest BCUT2D eigenvalue weighted by molar-refractivity contribution is -0.301. The minimum Gasteiger partial charge on any atom is -0.479 e. The Labute approximate surface area is 467 Å². The summed E-state index contributed by atoms with van der Waals surface area (Å²) in [5, 5.41) is 31.5. The van der Waals surface area contributed by atoms with Crippen molar-refractivity contribution in [3.8, 4) is 0 Å². The molecule has 440 valence electrons. The van der Waals surface area contributed by atoms with Gasteiger partial charge in [0.25, 0.3) is 0 Å². The average molecular weight is 1080 g/mol. The van der Waals surface area contributed by atoms with Crippen LogP contribution >= 0.6 is 0 Å². The molecule has 1 rings (SSSR count). The largest absolute Gasteiger partial charge is 0.479 e. The maximum Gasteiger partial charge on any atom is 0.335 e. The molecule has 12 heteroatoms. The van der Waals surface area contributed by atoms with E-state index in [0.29, 0.717) is 19.3 Å². The predicted octanol–water partition coefficient (Wildman–Crippen LogP) is 15.9. The van der Waals surface area contributed by atoms with Crippen LogP contribution in [0, 0.1) is 0 Å². The van der Waals surface area contributed by atoms with Crippen molar-refractivity contribution in [2.45, 2.75) is 289 Å². The third-order valence-electron chi connectivity index (χ3n) is 13.4. The number of allylic oxidation sites excluding steroid dienone is 14. The fraction of sp³-hybridized carbons (Fsp3) is 0.723. The van der Waals surface area contributed by atoms with Crippen LogP contribution in [-0.2, 0) is 42.9 Å². The van der Waals surface area contributed by atoms with E-state index in [0.717, 1.165) is 128 Å². The minimum absolute atomic E-state index is 0.0357. The van der Waals surface area contributed by atoms with Crippen molar-refractivity contribution < 1.29 is 58.2 Å².